The third-order valence-corrected chi connectivity index (χ3v) is 5.13. The van der Waals surface area contributed by atoms with Gasteiger partial charge in [-0.25, -0.2) is 4.98 Å². The number of rotatable bonds is 5. The number of pyridine rings is 1. The first-order valence-electron chi connectivity index (χ1n) is 9.39. The third kappa shape index (κ3) is 4.27. The van der Waals surface area contributed by atoms with Gasteiger partial charge in [0, 0.05) is 42.8 Å². The van der Waals surface area contributed by atoms with Crippen molar-refractivity contribution in [3.63, 3.8) is 0 Å². The predicted octanol–water partition coefficient (Wildman–Crippen LogP) is 3.76. The molecule has 2 heterocycles. The van der Waals surface area contributed by atoms with Gasteiger partial charge in [0.2, 0.25) is 0 Å². The molecule has 3 rings (SSSR count). The molecule has 0 bridgehead atoms. The number of imidazole rings is 1. The Balaban J connectivity index is 1.62. The van der Waals surface area contributed by atoms with Crippen LogP contribution < -0.4 is 5.32 Å². The second-order valence-electron chi connectivity index (χ2n) is 6.97. The van der Waals surface area contributed by atoms with E-state index in [0.717, 1.165) is 17.9 Å². The summed E-state index contributed by atoms with van der Waals surface area (Å²) in [5, 5.41) is 3.01. The molecule has 5 nitrogen and oxygen atoms in total. The van der Waals surface area contributed by atoms with E-state index in [1.165, 1.54) is 44.2 Å². The standard InChI is InChI=1S/C20H28N4O/c1-15-14-23-19(24(15)17-8-5-3-4-6-9-17)11-13-22-20(25)18-10-7-12-21-16(18)2/h7,10,12,14,17H,3-6,8-9,11,13H2,1-2H3,(H,22,25). The Kier molecular flexibility index (Phi) is 5.84. The number of aromatic nitrogens is 3. The average Bonchev–Trinajstić information content (AvgIpc) is 2.81. The minimum absolute atomic E-state index is 0.0603. The van der Waals surface area contributed by atoms with Gasteiger partial charge in [-0.3, -0.25) is 9.78 Å². The summed E-state index contributed by atoms with van der Waals surface area (Å²) in [7, 11) is 0. The molecule has 5 heteroatoms. The molecule has 0 atom stereocenters. The number of amides is 1. The molecule has 0 unspecified atom stereocenters. The van der Waals surface area contributed by atoms with E-state index < -0.39 is 0 Å². The maximum atomic E-state index is 12.3. The van der Waals surface area contributed by atoms with Gasteiger partial charge in [0.15, 0.2) is 0 Å². The molecule has 134 valence electrons. The van der Waals surface area contributed by atoms with Crippen molar-refractivity contribution >= 4 is 5.91 Å². The molecular formula is C20H28N4O. The topological polar surface area (TPSA) is 59.8 Å². The van der Waals surface area contributed by atoms with Crippen LogP contribution in [0.15, 0.2) is 24.5 Å². The lowest BCUT2D eigenvalue weighted by Crippen LogP contribution is -2.27. The Hall–Kier alpha value is -2.17. The lowest BCUT2D eigenvalue weighted by Gasteiger charge is -2.21. The van der Waals surface area contributed by atoms with Gasteiger partial charge in [-0.15, -0.1) is 0 Å². The Morgan fingerprint density at radius 3 is 2.68 bits per heavy atom. The fourth-order valence-corrected chi connectivity index (χ4v) is 3.80. The van der Waals surface area contributed by atoms with Gasteiger partial charge in [0.05, 0.1) is 5.56 Å². The van der Waals surface area contributed by atoms with Gasteiger partial charge in [-0.2, -0.15) is 0 Å². The zero-order chi connectivity index (χ0) is 17.6. The highest BCUT2D eigenvalue weighted by Crippen LogP contribution is 2.29. The summed E-state index contributed by atoms with van der Waals surface area (Å²) in [6.07, 6.45) is 12.2. The van der Waals surface area contributed by atoms with E-state index in [9.17, 15) is 4.79 Å². The molecule has 0 radical (unpaired) electrons. The number of nitrogens with one attached hydrogen (secondary N) is 1. The Morgan fingerprint density at radius 1 is 1.20 bits per heavy atom. The fourth-order valence-electron chi connectivity index (χ4n) is 3.80. The van der Waals surface area contributed by atoms with Crippen LogP contribution in [0, 0.1) is 13.8 Å². The van der Waals surface area contributed by atoms with Crippen LogP contribution in [-0.4, -0.2) is 27.0 Å². The third-order valence-electron chi connectivity index (χ3n) is 5.13. The van der Waals surface area contributed by atoms with Crippen molar-refractivity contribution in [1.82, 2.24) is 19.9 Å². The van der Waals surface area contributed by atoms with Crippen LogP contribution in [0.3, 0.4) is 0 Å². The van der Waals surface area contributed by atoms with Crippen LogP contribution in [0.5, 0.6) is 0 Å². The van der Waals surface area contributed by atoms with Crippen LogP contribution in [0.2, 0.25) is 0 Å². The average molecular weight is 340 g/mol. The van der Waals surface area contributed by atoms with Crippen molar-refractivity contribution in [3.8, 4) is 0 Å². The molecule has 1 amide bonds. The highest BCUT2D eigenvalue weighted by Gasteiger charge is 2.19. The maximum Gasteiger partial charge on any atom is 0.253 e. The Morgan fingerprint density at radius 2 is 1.96 bits per heavy atom. The van der Waals surface area contributed by atoms with Gasteiger partial charge in [-0.05, 0) is 38.8 Å². The number of aryl methyl sites for hydroxylation is 2. The number of hydrogen-bond donors (Lipinski definition) is 1. The van der Waals surface area contributed by atoms with E-state index in [4.69, 9.17) is 0 Å². The van der Waals surface area contributed by atoms with Crippen LogP contribution in [0.25, 0.3) is 0 Å². The number of nitrogens with zero attached hydrogens (tertiary/aromatic N) is 3. The monoisotopic (exact) mass is 340 g/mol. The fraction of sp³-hybridized carbons (Fsp3) is 0.550. The molecule has 1 saturated carbocycles. The van der Waals surface area contributed by atoms with Crippen LogP contribution in [0.1, 0.15) is 72.1 Å². The molecule has 0 aromatic carbocycles. The van der Waals surface area contributed by atoms with Crippen molar-refractivity contribution in [1.29, 1.82) is 0 Å². The molecule has 0 spiro atoms. The van der Waals surface area contributed by atoms with Crippen molar-refractivity contribution in [2.24, 2.45) is 0 Å². The van der Waals surface area contributed by atoms with Gasteiger partial charge in [0.1, 0.15) is 5.82 Å². The summed E-state index contributed by atoms with van der Waals surface area (Å²) in [5.41, 5.74) is 2.64. The maximum absolute atomic E-state index is 12.3. The first kappa shape index (κ1) is 17.6. The molecule has 1 aliphatic carbocycles. The quantitative estimate of drug-likeness (QED) is 0.843. The molecule has 2 aromatic heterocycles. The smallest absolute Gasteiger partial charge is 0.253 e. The summed E-state index contributed by atoms with van der Waals surface area (Å²) in [6, 6.07) is 4.18. The van der Waals surface area contributed by atoms with E-state index >= 15 is 0 Å². The SMILES string of the molecule is Cc1ncccc1C(=O)NCCc1ncc(C)n1C1CCCCCC1. The van der Waals surface area contributed by atoms with Crippen molar-refractivity contribution in [2.75, 3.05) is 6.54 Å². The zero-order valence-electron chi connectivity index (χ0n) is 15.3. The second-order valence-corrected chi connectivity index (χ2v) is 6.97. The van der Waals surface area contributed by atoms with Crippen molar-refractivity contribution in [3.05, 3.63) is 47.3 Å². The number of hydrogen-bond acceptors (Lipinski definition) is 3. The van der Waals surface area contributed by atoms with Crippen molar-refractivity contribution < 1.29 is 4.79 Å². The Labute approximate surface area is 149 Å². The summed E-state index contributed by atoms with van der Waals surface area (Å²) in [4.78, 5) is 21.1. The van der Waals surface area contributed by atoms with Crippen LogP contribution in [0.4, 0.5) is 0 Å². The molecule has 2 aromatic rings. The molecule has 0 aliphatic heterocycles. The number of carbonyl (C=O) groups is 1. The first-order valence-corrected chi connectivity index (χ1v) is 9.39. The second kappa shape index (κ2) is 8.28. The highest BCUT2D eigenvalue weighted by atomic mass is 16.1. The summed E-state index contributed by atoms with van der Waals surface area (Å²) in [5.74, 6) is 1.03. The normalized spacial score (nSPS) is 15.8. The van der Waals surface area contributed by atoms with Crippen molar-refractivity contribution in [2.45, 2.75) is 64.8 Å². The highest BCUT2D eigenvalue weighted by molar-refractivity contribution is 5.95. The van der Waals surface area contributed by atoms with Gasteiger partial charge < -0.3 is 9.88 Å². The number of carbonyl (C=O) groups excluding carboxylic acids is 1. The van der Waals surface area contributed by atoms with Crippen LogP contribution in [-0.2, 0) is 6.42 Å². The van der Waals surface area contributed by atoms with E-state index in [-0.39, 0.29) is 5.91 Å². The predicted molar refractivity (Wildman–Crippen MR) is 98.7 cm³/mol. The van der Waals surface area contributed by atoms with E-state index in [1.54, 1.807) is 12.3 Å². The van der Waals surface area contributed by atoms with Crippen LogP contribution >= 0.6 is 0 Å². The molecule has 1 fully saturated rings. The van der Waals surface area contributed by atoms with Gasteiger partial charge in [-0.1, -0.05) is 25.7 Å². The molecule has 25 heavy (non-hydrogen) atoms. The van der Waals surface area contributed by atoms with E-state index in [1.807, 2.05) is 19.2 Å². The summed E-state index contributed by atoms with van der Waals surface area (Å²) < 4.78 is 2.41. The van der Waals surface area contributed by atoms with E-state index in [0.29, 0.717) is 18.2 Å². The lowest BCUT2D eigenvalue weighted by atomic mass is 10.1. The molecule has 0 saturated heterocycles. The first-order chi connectivity index (χ1) is 12.2. The zero-order valence-corrected chi connectivity index (χ0v) is 15.3. The van der Waals surface area contributed by atoms with E-state index in [2.05, 4.69) is 26.8 Å². The summed E-state index contributed by atoms with van der Waals surface area (Å²) in [6.45, 7) is 4.59. The molecule has 1 aliphatic rings. The minimum Gasteiger partial charge on any atom is -0.352 e. The van der Waals surface area contributed by atoms with Gasteiger partial charge >= 0.3 is 0 Å². The summed E-state index contributed by atoms with van der Waals surface area (Å²) >= 11 is 0. The Bertz CT molecular complexity index is 714. The molecule has 1 N–H and O–H groups in total. The molecular weight excluding hydrogens is 312 g/mol. The minimum atomic E-state index is -0.0603. The largest absolute Gasteiger partial charge is 0.352 e. The van der Waals surface area contributed by atoms with Gasteiger partial charge in [0.25, 0.3) is 5.91 Å². The lowest BCUT2D eigenvalue weighted by molar-refractivity contribution is 0.0953.